The van der Waals surface area contributed by atoms with Gasteiger partial charge in [-0.1, -0.05) is 30.3 Å². The molecule has 0 bridgehead atoms. The predicted octanol–water partition coefficient (Wildman–Crippen LogP) is 5.41. The molecule has 2 aromatic carbocycles. The summed E-state index contributed by atoms with van der Waals surface area (Å²) < 4.78 is 2.28. The molecule has 2 N–H and O–H groups in total. The molecule has 5 rings (SSSR count). The van der Waals surface area contributed by atoms with Crippen molar-refractivity contribution in [1.29, 1.82) is 15.8 Å². The maximum Gasteiger partial charge on any atom is 0.191 e. The van der Waals surface area contributed by atoms with Crippen LogP contribution in [-0.2, 0) is 6.54 Å². The minimum Gasteiger partial charge on any atom is -0.399 e. The number of benzene rings is 2. The number of hydrogen-bond donors (Lipinski definition) is 1. The first-order chi connectivity index (χ1) is 15.6. The van der Waals surface area contributed by atoms with Crippen LogP contribution in [0.3, 0.4) is 0 Å². The normalized spacial score (nSPS) is 22.0. The van der Waals surface area contributed by atoms with Crippen LogP contribution in [0.25, 0.3) is 21.8 Å². The van der Waals surface area contributed by atoms with Gasteiger partial charge in [-0.3, -0.25) is 0 Å². The summed E-state index contributed by atoms with van der Waals surface area (Å²) in [5.41, 5.74) is 9.39. The Hall–Kier alpha value is -4.01. The minimum absolute atomic E-state index is 0.0815. The Balaban J connectivity index is 1.82. The second kappa shape index (κ2) is 7.30. The Labute approximate surface area is 187 Å². The number of nitrogens with zero attached hydrogens (tertiary/aromatic N) is 4. The van der Waals surface area contributed by atoms with Gasteiger partial charge >= 0.3 is 0 Å². The zero-order chi connectivity index (χ0) is 22.5. The van der Waals surface area contributed by atoms with Gasteiger partial charge in [0, 0.05) is 34.3 Å². The quantitative estimate of drug-likeness (QED) is 0.602. The molecule has 156 valence electrons. The third-order valence-electron chi connectivity index (χ3n) is 7.27. The van der Waals surface area contributed by atoms with Gasteiger partial charge in [0.05, 0.1) is 23.4 Å². The Bertz CT molecular complexity index is 1430. The van der Waals surface area contributed by atoms with Crippen LogP contribution in [0, 0.1) is 45.3 Å². The number of aromatic nitrogens is 1. The van der Waals surface area contributed by atoms with Crippen LogP contribution in [0.5, 0.6) is 0 Å². The van der Waals surface area contributed by atoms with E-state index in [1.807, 2.05) is 18.2 Å². The molecule has 5 heteroatoms. The summed E-state index contributed by atoms with van der Waals surface area (Å²) in [6, 6.07) is 21.2. The number of rotatable bonds is 2. The summed E-state index contributed by atoms with van der Waals surface area (Å²) in [4.78, 5) is 0. The van der Waals surface area contributed by atoms with Crippen molar-refractivity contribution in [2.24, 2.45) is 17.1 Å². The van der Waals surface area contributed by atoms with Gasteiger partial charge in [0.2, 0.25) is 0 Å². The molecule has 0 fully saturated rings. The van der Waals surface area contributed by atoms with Gasteiger partial charge in [0.1, 0.15) is 6.07 Å². The topological polar surface area (TPSA) is 102 Å². The second-order valence-electron chi connectivity index (χ2n) is 8.64. The largest absolute Gasteiger partial charge is 0.399 e. The Morgan fingerprint density at radius 1 is 1.06 bits per heavy atom. The molecular weight excluding hydrogens is 394 g/mol. The monoisotopic (exact) mass is 417 g/mol. The van der Waals surface area contributed by atoms with Crippen molar-refractivity contribution in [2.45, 2.75) is 38.6 Å². The summed E-state index contributed by atoms with van der Waals surface area (Å²) in [5.74, 6) is -0.503. The number of nitrogens with two attached hydrogens (primary N) is 1. The number of fused-ring (bicyclic) bond motifs is 4. The third kappa shape index (κ3) is 2.47. The summed E-state index contributed by atoms with van der Waals surface area (Å²) in [6.45, 7) is 2.98. The van der Waals surface area contributed by atoms with Crippen molar-refractivity contribution < 1.29 is 0 Å². The van der Waals surface area contributed by atoms with E-state index in [0.29, 0.717) is 5.57 Å². The highest BCUT2D eigenvalue weighted by molar-refractivity contribution is 6.08. The summed E-state index contributed by atoms with van der Waals surface area (Å²) in [5, 5.41) is 32.6. The van der Waals surface area contributed by atoms with Crippen molar-refractivity contribution in [2.75, 3.05) is 0 Å². The Morgan fingerprint density at radius 3 is 2.53 bits per heavy atom. The van der Waals surface area contributed by atoms with E-state index >= 15 is 0 Å². The van der Waals surface area contributed by atoms with Gasteiger partial charge in [-0.2, -0.15) is 15.8 Å². The van der Waals surface area contributed by atoms with Crippen LogP contribution in [-0.4, -0.2) is 4.57 Å². The van der Waals surface area contributed by atoms with Crippen LogP contribution in [0.1, 0.15) is 37.7 Å². The van der Waals surface area contributed by atoms with Crippen molar-refractivity contribution in [3.8, 4) is 18.2 Å². The molecule has 2 aliphatic rings. The van der Waals surface area contributed by atoms with Gasteiger partial charge in [-0.15, -0.1) is 0 Å². The smallest absolute Gasteiger partial charge is 0.191 e. The van der Waals surface area contributed by atoms with Gasteiger partial charge in [0.15, 0.2) is 5.41 Å². The molecule has 0 aliphatic heterocycles. The van der Waals surface area contributed by atoms with Gasteiger partial charge < -0.3 is 10.3 Å². The van der Waals surface area contributed by atoms with E-state index in [1.54, 1.807) is 0 Å². The fraction of sp³-hybridized carbons (Fsp3) is 0.296. The Morgan fingerprint density at radius 2 is 1.81 bits per heavy atom. The van der Waals surface area contributed by atoms with E-state index in [4.69, 9.17) is 5.73 Å². The first-order valence-corrected chi connectivity index (χ1v) is 11.0. The molecule has 3 aromatic rings. The molecular formula is C27H23N5. The van der Waals surface area contributed by atoms with Crippen molar-refractivity contribution in [3.05, 3.63) is 70.9 Å². The van der Waals surface area contributed by atoms with Crippen LogP contribution < -0.4 is 5.73 Å². The molecule has 2 aliphatic carbocycles. The average molecular weight is 418 g/mol. The van der Waals surface area contributed by atoms with Gasteiger partial charge in [-0.25, -0.2) is 0 Å². The highest BCUT2D eigenvalue weighted by Crippen LogP contribution is 2.56. The molecule has 0 spiro atoms. The first kappa shape index (κ1) is 19.9. The number of para-hydroxylation sites is 1. The number of aryl methyl sites for hydroxylation is 1. The lowest BCUT2D eigenvalue weighted by Gasteiger charge is -2.43. The average Bonchev–Trinajstić information content (AvgIpc) is 3.16. The molecule has 1 aromatic heterocycles. The van der Waals surface area contributed by atoms with E-state index in [2.05, 4.69) is 60.0 Å². The molecule has 0 saturated carbocycles. The lowest BCUT2D eigenvalue weighted by molar-refractivity contribution is 0.318. The number of nitriles is 3. The zero-order valence-electron chi connectivity index (χ0n) is 18.0. The van der Waals surface area contributed by atoms with E-state index in [1.165, 1.54) is 5.52 Å². The maximum absolute atomic E-state index is 10.3. The number of allylic oxidation sites excluding steroid dienone is 4. The first-order valence-electron chi connectivity index (χ1n) is 11.0. The third-order valence-corrected chi connectivity index (χ3v) is 7.27. The highest BCUT2D eigenvalue weighted by Gasteiger charge is 2.53. The predicted molar refractivity (Wildman–Crippen MR) is 124 cm³/mol. The molecule has 0 radical (unpaired) electrons. The molecule has 2 atom stereocenters. The molecule has 0 amide bonds. The lowest BCUT2D eigenvalue weighted by Crippen LogP contribution is -2.42. The summed E-state index contributed by atoms with van der Waals surface area (Å²) in [6.07, 6.45) is 4.75. The fourth-order valence-electron chi connectivity index (χ4n) is 5.85. The lowest BCUT2D eigenvalue weighted by atomic mass is 9.56. The van der Waals surface area contributed by atoms with Crippen LogP contribution in [0.2, 0.25) is 0 Å². The van der Waals surface area contributed by atoms with Gasteiger partial charge in [-0.05, 0) is 61.4 Å². The van der Waals surface area contributed by atoms with Crippen LogP contribution in [0.15, 0.2) is 65.4 Å². The fourth-order valence-corrected chi connectivity index (χ4v) is 5.85. The molecule has 0 saturated heterocycles. The van der Waals surface area contributed by atoms with Crippen molar-refractivity contribution >= 4 is 21.8 Å². The molecule has 1 heterocycles. The SMILES string of the molecule is CCn1c2ccccc2c2cc([C@@H]3[C@@H]4CCCC=C4C(C#N)=C(N)C3(C#N)C#N)ccc21. The molecule has 5 nitrogen and oxygen atoms in total. The van der Waals surface area contributed by atoms with E-state index in [-0.39, 0.29) is 11.6 Å². The van der Waals surface area contributed by atoms with E-state index < -0.39 is 11.3 Å². The number of hydrogen-bond acceptors (Lipinski definition) is 4. The van der Waals surface area contributed by atoms with Crippen LogP contribution >= 0.6 is 0 Å². The van der Waals surface area contributed by atoms with E-state index in [9.17, 15) is 15.8 Å². The summed E-state index contributed by atoms with van der Waals surface area (Å²) >= 11 is 0. The zero-order valence-corrected chi connectivity index (χ0v) is 18.0. The standard InChI is InChI=1S/C27H23N5/c1-2-32-23-10-6-5-8-19(23)21-13-17(11-12-24(21)32)25-20-9-4-3-7-18(20)22(14-28)26(31)27(25,15-29)16-30/h5-8,10-13,20,25H,2-4,9,31H2,1H3/t20-,25-/m1/s1. The van der Waals surface area contributed by atoms with Crippen molar-refractivity contribution in [3.63, 3.8) is 0 Å². The van der Waals surface area contributed by atoms with Gasteiger partial charge in [0.25, 0.3) is 0 Å². The summed E-state index contributed by atoms with van der Waals surface area (Å²) in [7, 11) is 0. The molecule has 32 heavy (non-hydrogen) atoms. The maximum atomic E-state index is 10.3. The van der Waals surface area contributed by atoms with E-state index in [0.717, 1.165) is 53.2 Å². The van der Waals surface area contributed by atoms with Crippen LogP contribution in [0.4, 0.5) is 0 Å². The Kier molecular flexibility index (Phi) is 4.54. The molecule has 0 unspecified atom stereocenters. The highest BCUT2D eigenvalue weighted by atomic mass is 15.0. The second-order valence-corrected chi connectivity index (χ2v) is 8.64. The van der Waals surface area contributed by atoms with Crippen molar-refractivity contribution in [1.82, 2.24) is 4.57 Å². The minimum atomic E-state index is -1.57.